The fraction of sp³-hybridized carbons (Fsp3) is 0.583. The molecule has 2 N–H and O–H groups in total. The molecule has 194 valence electrons. The molecule has 12 heteroatoms. The molecule has 1 atom stereocenters. The van der Waals surface area contributed by atoms with Gasteiger partial charge in [0.15, 0.2) is 5.82 Å². The predicted octanol–water partition coefficient (Wildman–Crippen LogP) is 3.79. The van der Waals surface area contributed by atoms with Crippen LogP contribution in [0.5, 0.6) is 5.75 Å². The number of hydrogen-bond donors (Lipinski definition) is 2. The van der Waals surface area contributed by atoms with Crippen LogP contribution < -0.4 is 20.3 Å². The van der Waals surface area contributed by atoms with Gasteiger partial charge in [-0.1, -0.05) is 0 Å². The summed E-state index contributed by atoms with van der Waals surface area (Å²) in [6.07, 6.45) is 0.934. The number of nitrogens with zero attached hydrogens (tertiary/aromatic N) is 4. The van der Waals surface area contributed by atoms with Crippen molar-refractivity contribution < 1.29 is 27.4 Å². The molecule has 0 bridgehead atoms. The van der Waals surface area contributed by atoms with Crippen LogP contribution in [0, 0.1) is 12.8 Å². The van der Waals surface area contributed by atoms with Crippen molar-refractivity contribution in [1.29, 1.82) is 0 Å². The molecule has 0 aromatic carbocycles. The summed E-state index contributed by atoms with van der Waals surface area (Å²) in [7, 11) is 3.52. The standard InChI is InChI=1S/C24H29F3N6O3/c1-13-18-20(33(2)19(21(34)31-18)23(35-3)7-4-8-23)32-22(29-13)30-15-9-14(10-15)12-36-16-5-6-17(28-11-16)24(25,26)27/h5-6,11,14-15,19H,4,7-10,12H2,1-3H3,(H,31,34)(H,29,30,32). The summed E-state index contributed by atoms with van der Waals surface area (Å²) in [6, 6.07) is 1.89. The van der Waals surface area contributed by atoms with E-state index in [1.54, 1.807) is 7.11 Å². The summed E-state index contributed by atoms with van der Waals surface area (Å²) < 4.78 is 49.3. The van der Waals surface area contributed by atoms with Crippen LogP contribution in [0.25, 0.3) is 0 Å². The van der Waals surface area contributed by atoms with Gasteiger partial charge in [-0.15, -0.1) is 0 Å². The van der Waals surface area contributed by atoms with Gasteiger partial charge >= 0.3 is 6.18 Å². The lowest BCUT2D eigenvalue weighted by Gasteiger charge is -2.50. The van der Waals surface area contributed by atoms with E-state index in [1.165, 1.54) is 6.07 Å². The van der Waals surface area contributed by atoms with Crippen molar-refractivity contribution >= 4 is 23.4 Å². The lowest BCUT2D eigenvalue weighted by atomic mass is 9.73. The van der Waals surface area contributed by atoms with Crippen molar-refractivity contribution in [1.82, 2.24) is 15.0 Å². The van der Waals surface area contributed by atoms with Crippen molar-refractivity contribution in [3.8, 4) is 5.75 Å². The normalized spacial score (nSPS) is 24.8. The summed E-state index contributed by atoms with van der Waals surface area (Å²) in [5, 5.41) is 6.34. The van der Waals surface area contributed by atoms with Gasteiger partial charge in [0.2, 0.25) is 11.9 Å². The summed E-state index contributed by atoms with van der Waals surface area (Å²) in [4.78, 5) is 27.5. The number of likely N-dealkylation sites (N-methyl/N-ethyl adjacent to an activating group) is 1. The van der Waals surface area contributed by atoms with Crippen molar-refractivity contribution in [3.05, 3.63) is 29.7 Å². The third kappa shape index (κ3) is 4.42. The van der Waals surface area contributed by atoms with Crippen LogP contribution in [0.4, 0.5) is 30.6 Å². The molecule has 9 nitrogen and oxygen atoms in total. The Morgan fingerprint density at radius 1 is 1.25 bits per heavy atom. The molecular formula is C24H29F3N6O3. The molecule has 2 aromatic rings. The first-order valence-electron chi connectivity index (χ1n) is 12.0. The molecule has 1 aliphatic heterocycles. The van der Waals surface area contributed by atoms with Crippen LogP contribution in [0.2, 0.25) is 0 Å². The number of ether oxygens (including phenoxy) is 2. The van der Waals surface area contributed by atoms with E-state index in [4.69, 9.17) is 14.5 Å². The van der Waals surface area contributed by atoms with Crippen LogP contribution >= 0.6 is 0 Å². The lowest BCUT2D eigenvalue weighted by Crippen LogP contribution is -2.64. The third-order valence-electron chi connectivity index (χ3n) is 7.47. The smallest absolute Gasteiger partial charge is 0.433 e. The Hall–Kier alpha value is -3.15. The van der Waals surface area contributed by atoms with E-state index >= 15 is 0 Å². The van der Waals surface area contributed by atoms with E-state index in [0.29, 0.717) is 35.5 Å². The molecule has 36 heavy (non-hydrogen) atoms. The highest BCUT2D eigenvalue weighted by atomic mass is 19.4. The molecular weight excluding hydrogens is 477 g/mol. The molecule has 0 saturated heterocycles. The van der Waals surface area contributed by atoms with Crippen molar-refractivity contribution in [3.63, 3.8) is 0 Å². The monoisotopic (exact) mass is 506 g/mol. The van der Waals surface area contributed by atoms with E-state index in [0.717, 1.165) is 44.4 Å². The Labute approximate surface area is 206 Å². The zero-order valence-electron chi connectivity index (χ0n) is 20.4. The van der Waals surface area contributed by atoms with Crippen LogP contribution in [0.15, 0.2) is 18.3 Å². The molecule has 2 fully saturated rings. The van der Waals surface area contributed by atoms with E-state index < -0.39 is 23.5 Å². The number of carbonyl (C=O) groups excluding carboxylic acids is 1. The molecule has 1 unspecified atom stereocenters. The fourth-order valence-corrected chi connectivity index (χ4v) is 5.24. The van der Waals surface area contributed by atoms with Gasteiger partial charge in [0.05, 0.1) is 24.1 Å². The number of aromatic nitrogens is 3. The van der Waals surface area contributed by atoms with Gasteiger partial charge in [-0.25, -0.2) is 9.97 Å². The van der Waals surface area contributed by atoms with Crippen LogP contribution in [-0.2, 0) is 15.7 Å². The number of fused-ring (bicyclic) bond motifs is 1. The summed E-state index contributed by atoms with van der Waals surface area (Å²) in [6.45, 7) is 2.23. The molecule has 1 amide bonds. The second-order valence-corrected chi connectivity index (χ2v) is 9.82. The molecule has 0 spiro atoms. The quantitative estimate of drug-likeness (QED) is 0.585. The van der Waals surface area contributed by atoms with E-state index in [9.17, 15) is 18.0 Å². The number of hydrogen-bond acceptors (Lipinski definition) is 8. The third-order valence-corrected chi connectivity index (χ3v) is 7.47. The summed E-state index contributed by atoms with van der Waals surface area (Å²) in [5.74, 6) is 1.61. The van der Waals surface area contributed by atoms with E-state index in [2.05, 4.69) is 20.6 Å². The van der Waals surface area contributed by atoms with Crippen molar-refractivity contribution in [2.45, 2.75) is 62.9 Å². The zero-order valence-corrected chi connectivity index (χ0v) is 20.4. The van der Waals surface area contributed by atoms with Gasteiger partial charge in [-0.05, 0) is 57.1 Å². The number of methoxy groups -OCH3 is 1. The van der Waals surface area contributed by atoms with Gasteiger partial charge in [0, 0.05) is 20.2 Å². The largest absolute Gasteiger partial charge is 0.492 e. The Kier molecular flexibility index (Phi) is 6.17. The SMILES string of the molecule is COC1(C2C(=O)Nc3c(C)nc(NC4CC(COc5ccc(C(F)(F)F)nc5)C4)nc3N2C)CCC1. The maximum atomic E-state index is 12.9. The Balaban J connectivity index is 1.18. The lowest BCUT2D eigenvalue weighted by molar-refractivity contribution is -0.141. The van der Waals surface area contributed by atoms with Gasteiger partial charge in [0.25, 0.3) is 0 Å². The number of amides is 1. The highest BCUT2D eigenvalue weighted by Gasteiger charge is 2.52. The van der Waals surface area contributed by atoms with Crippen molar-refractivity contribution in [2.24, 2.45) is 5.92 Å². The molecule has 5 rings (SSSR count). The predicted molar refractivity (Wildman–Crippen MR) is 126 cm³/mol. The minimum Gasteiger partial charge on any atom is -0.492 e. The highest BCUT2D eigenvalue weighted by molar-refractivity contribution is 6.04. The number of alkyl halides is 3. The molecule has 2 aromatic heterocycles. The number of halogens is 3. The van der Waals surface area contributed by atoms with Crippen LogP contribution in [0.3, 0.4) is 0 Å². The number of nitrogens with one attached hydrogen (secondary N) is 2. The number of carbonyl (C=O) groups is 1. The van der Waals surface area contributed by atoms with Gasteiger partial charge in [0.1, 0.15) is 23.2 Å². The zero-order chi connectivity index (χ0) is 25.7. The highest BCUT2D eigenvalue weighted by Crippen LogP contribution is 2.45. The molecule has 2 aliphatic carbocycles. The van der Waals surface area contributed by atoms with Crippen LogP contribution in [0.1, 0.15) is 43.5 Å². The fourth-order valence-electron chi connectivity index (χ4n) is 5.24. The first-order chi connectivity index (χ1) is 17.1. The minimum atomic E-state index is -4.47. The topological polar surface area (TPSA) is 102 Å². The maximum absolute atomic E-state index is 12.9. The minimum absolute atomic E-state index is 0.107. The Morgan fingerprint density at radius 2 is 2.00 bits per heavy atom. The number of aryl methyl sites for hydroxylation is 1. The van der Waals surface area contributed by atoms with Crippen molar-refractivity contribution in [2.75, 3.05) is 36.3 Å². The van der Waals surface area contributed by atoms with Gasteiger partial charge < -0.3 is 25.0 Å². The molecule has 2 saturated carbocycles. The Morgan fingerprint density at radius 3 is 2.58 bits per heavy atom. The van der Waals surface area contributed by atoms with E-state index in [1.807, 2.05) is 18.9 Å². The number of anilines is 3. The first-order valence-corrected chi connectivity index (χ1v) is 12.0. The van der Waals surface area contributed by atoms with Gasteiger partial charge in [-0.3, -0.25) is 4.79 Å². The molecule has 3 heterocycles. The number of rotatable bonds is 7. The summed E-state index contributed by atoms with van der Waals surface area (Å²) in [5.41, 5.74) is -0.160. The molecule has 0 radical (unpaired) electrons. The first kappa shape index (κ1) is 24.5. The maximum Gasteiger partial charge on any atom is 0.433 e. The number of pyridine rings is 1. The second kappa shape index (κ2) is 9.06. The summed E-state index contributed by atoms with van der Waals surface area (Å²) >= 11 is 0. The average Bonchev–Trinajstić information content (AvgIpc) is 2.77. The molecule has 3 aliphatic rings. The van der Waals surface area contributed by atoms with Crippen LogP contribution in [-0.4, -0.2) is 59.3 Å². The second-order valence-electron chi connectivity index (χ2n) is 9.82. The Bertz CT molecular complexity index is 1130. The average molecular weight is 507 g/mol. The van der Waals surface area contributed by atoms with E-state index in [-0.39, 0.29) is 17.9 Å². The van der Waals surface area contributed by atoms with Gasteiger partial charge in [-0.2, -0.15) is 18.2 Å².